The number of thiophene rings is 1. The second kappa shape index (κ2) is 15.3. The van der Waals surface area contributed by atoms with Gasteiger partial charge in [-0.2, -0.15) is 0 Å². The number of nitrogens with zero attached hydrogens (tertiary/aromatic N) is 1. The predicted octanol–water partition coefficient (Wildman–Crippen LogP) is 17.0. The third kappa shape index (κ3) is 6.35. The Labute approximate surface area is 354 Å². The normalized spacial score (nSPS) is 11.3. The maximum Gasteiger partial charge on any atom is 0.0462 e. The highest BCUT2D eigenvalue weighted by Crippen LogP contribution is 2.45. The molecule has 0 spiro atoms. The first-order chi connectivity index (χ1) is 29.8. The average molecular weight is 782 g/mol. The van der Waals surface area contributed by atoms with Crippen molar-refractivity contribution in [3.05, 3.63) is 237 Å². The SMILES string of the molecule is c1ccc(-c2ccccc2-c2ccccc2-c2ccc(N(c3ccccc3)c3ccc(-c4cccc5cccc(-c6cccc7c6sc6ccccc67)c45)cc3)cc2)cc1. The van der Waals surface area contributed by atoms with Gasteiger partial charge in [-0.15, -0.1) is 11.3 Å². The van der Waals surface area contributed by atoms with Crippen molar-refractivity contribution in [2.45, 2.75) is 0 Å². The van der Waals surface area contributed by atoms with Crippen LogP contribution >= 0.6 is 11.3 Å². The van der Waals surface area contributed by atoms with Crippen LogP contribution in [-0.2, 0) is 0 Å². The molecule has 0 fully saturated rings. The highest BCUT2D eigenvalue weighted by Gasteiger charge is 2.18. The van der Waals surface area contributed by atoms with E-state index in [0.29, 0.717) is 0 Å². The van der Waals surface area contributed by atoms with E-state index in [1.54, 1.807) is 0 Å². The van der Waals surface area contributed by atoms with Crippen LogP contribution in [0.1, 0.15) is 0 Å². The number of hydrogen-bond donors (Lipinski definition) is 0. The Bertz CT molecular complexity index is 3290. The van der Waals surface area contributed by atoms with Gasteiger partial charge >= 0.3 is 0 Å². The van der Waals surface area contributed by atoms with Crippen molar-refractivity contribution < 1.29 is 0 Å². The fourth-order valence-electron chi connectivity index (χ4n) is 8.93. The van der Waals surface area contributed by atoms with Crippen LogP contribution in [0.15, 0.2) is 237 Å². The Morgan fingerprint density at radius 1 is 0.267 bits per heavy atom. The molecule has 60 heavy (non-hydrogen) atoms. The Hall–Kier alpha value is -7.52. The number of fused-ring (bicyclic) bond motifs is 4. The molecular weight excluding hydrogens is 743 g/mol. The Kier molecular flexibility index (Phi) is 9.11. The molecule has 2 heteroatoms. The van der Waals surface area contributed by atoms with E-state index < -0.39 is 0 Å². The van der Waals surface area contributed by atoms with Gasteiger partial charge in [0.25, 0.3) is 0 Å². The topological polar surface area (TPSA) is 3.24 Å². The van der Waals surface area contributed by atoms with Gasteiger partial charge in [0.15, 0.2) is 0 Å². The highest BCUT2D eigenvalue weighted by molar-refractivity contribution is 7.26. The zero-order valence-corrected chi connectivity index (χ0v) is 33.7. The van der Waals surface area contributed by atoms with E-state index in [1.807, 2.05) is 11.3 Å². The molecule has 0 atom stereocenters. The minimum absolute atomic E-state index is 1.10. The summed E-state index contributed by atoms with van der Waals surface area (Å²) in [7, 11) is 0. The molecule has 0 unspecified atom stereocenters. The van der Waals surface area contributed by atoms with Crippen molar-refractivity contribution in [1.82, 2.24) is 0 Å². The molecule has 0 aliphatic rings. The van der Waals surface area contributed by atoms with Gasteiger partial charge in [-0.1, -0.05) is 194 Å². The van der Waals surface area contributed by atoms with Crippen LogP contribution in [0.2, 0.25) is 0 Å². The van der Waals surface area contributed by atoms with Gasteiger partial charge < -0.3 is 4.90 Å². The molecule has 0 amide bonds. The van der Waals surface area contributed by atoms with Crippen LogP contribution in [0.25, 0.3) is 86.6 Å². The molecule has 0 radical (unpaired) electrons. The number of rotatable bonds is 8. The number of benzene rings is 10. The largest absolute Gasteiger partial charge is 0.311 e. The highest BCUT2D eigenvalue weighted by atomic mass is 32.1. The quantitative estimate of drug-likeness (QED) is 0.148. The lowest BCUT2D eigenvalue weighted by molar-refractivity contribution is 1.28. The van der Waals surface area contributed by atoms with Crippen LogP contribution in [-0.4, -0.2) is 0 Å². The zero-order valence-electron chi connectivity index (χ0n) is 32.9. The molecule has 11 aromatic rings. The van der Waals surface area contributed by atoms with E-state index in [-0.39, 0.29) is 0 Å². The summed E-state index contributed by atoms with van der Waals surface area (Å²) < 4.78 is 2.66. The van der Waals surface area contributed by atoms with Gasteiger partial charge in [-0.25, -0.2) is 0 Å². The summed E-state index contributed by atoms with van der Waals surface area (Å²) in [6.45, 7) is 0. The minimum atomic E-state index is 1.10. The Morgan fingerprint density at radius 2 is 0.700 bits per heavy atom. The van der Waals surface area contributed by atoms with Crippen LogP contribution in [0.4, 0.5) is 17.1 Å². The summed E-state index contributed by atoms with van der Waals surface area (Å²) >= 11 is 1.89. The van der Waals surface area contributed by atoms with Crippen LogP contribution in [0, 0.1) is 0 Å². The summed E-state index contributed by atoms with van der Waals surface area (Å²) in [6, 6.07) is 85.9. The van der Waals surface area contributed by atoms with E-state index >= 15 is 0 Å². The van der Waals surface area contributed by atoms with E-state index in [2.05, 4.69) is 241 Å². The van der Waals surface area contributed by atoms with Crippen LogP contribution < -0.4 is 4.90 Å². The molecule has 282 valence electrons. The molecular formula is C58H39NS. The third-order valence-corrected chi connectivity index (χ3v) is 12.9. The molecule has 0 bridgehead atoms. The fourth-order valence-corrected chi connectivity index (χ4v) is 10.2. The predicted molar refractivity (Wildman–Crippen MR) is 259 cm³/mol. The van der Waals surface area contributed by atoms with E-state index in [1.165, 1.54) is 86.6 Å². The molecule has 1 aromatic heterocycles. The van der Waals surface area contributed by atoms with Gasteiger partial charge in [0.1, 0.15) is 0 Å². The first-order valence-corrected chi connectivity index (χ1v) is 21.3. The van der Waals surface area contributed by atoms with Gasteiger partial charge in [-0.05, 0) is 103 Å². The lowest BCUT2D eigenvalue weighted by Crippen LogP contribution is -2.09. The van der Waals surface area contributed by atoms with Crippen molar-refractivity contribution in [1.29, 1.82) is 0 Å². The van der Waals surface area contributed by atoms with Gasteiger partial charge in [0.2, 0.25) is 0 Å². The summed E-state index contributed by atoms with van der Waals surface area (Å²) in [6.07, 6.45) is 0. The maximum absolute atomic E-state index is 2.35. The summed E-state index contributed by atoms with van der Waals surface area (Å²) in [5.41, 5.74) is 15.6. The summed E-state index contributed by atoms with van der Waals surface area (Å²) in [5.74, 6) is 0. The van der Waals surface area contributed by atoms with Crippen molar-refractivity contribution in [2.75, 3.05) is 4.90 Å². The number of hydrogen-bond acceptors (Lipinski definition) is 2. The number of para-hydroxylation sites is 1. The second-order valence-corrected chi connectivity index (χ2v) is 16.3. The molecule has 0 aliphatic heterocycles. The van der Waals surface area contributed by atoms with E-state index in [9.17, 15) is 0 Å². The monoisotopic (exact) mass is 781 g/mol. The Morgan fingerprint density at radius 3 is 1.35 bits per heavy atom. The average Bonchev–Trinajstić information content (AvgIpc) is 3.72. The van der Waals surface area contributed by atoms with Gasteiger partial charge in [0, 0.05) is 42.8 Å². The zero-order chi connectivity index (χ0) is 39.8. The molecule has 1 heterocycles. The number of anilines is 3. The van der Waals surface area contributed by atoms with Gasteiger partial charge in [-0.3, -0.25) is 0 Å². The second-order valence-electron chi connectivity index (χ2n) is 15.2. The molecule has 0 saturated heterocycles. The van der Waals surface area contributed by atoms with E-state index in [0.717, 1.165) is 17.1 Å². The third-order valence-electron chi connectivity index (χ3n) is 11.7. The van der Waals surface area contributed by atoms with Crippen LogP contribution in [0.5, 0.6) is 0 Å². The first kappa shape index (κ1) is 35.6. The van der Waals surface area contributed by atoms with Gasteiger partial charge in [0.05, 0.1) is 0 Å². The summed E-state index contributed by atoms with van der Waals surface area (Å²) in [4.78, 5) is 2.35. The maximum atomic E-state index is 2.35. The molecule has 0 saturated carbocycles. The standard InChI is InChI=1S/C58H39NS/c1-3-16-40(17-4-1)47-22-7-9-24-50(47)51-25-10-8-23-48(51)41-32-36-45(37-33-41)59(44-20-5-2-6-21-44)46-38-34-42(35-39-46)49-27-13-18-43-19-14-28-53(57(43)49)55-30-15-29-54-52-26-11-12-31-56(52)60-58(54)55/h1-39H. The van der Waals surface area contributed by atoms with Crippen molar-refractivity contribution >= 4 is 59.3 Å². The fraction of sp³-hybridized carbons (Fsp3) is 0. The molecule has 0 aliphatic carbocycles. The first-order valence-electron chi connectivity index (χ1n) is 20.5. The lowest BCUT2D eigenvalue weighted by atomic mass is 9.89. The molecule has 11 rings (SSSR count). The lowest BCUT2D eigenvalue weighted by Gasteiger charge is -2.26. The summed E-state index contributed by atoms with van der Waals surface area (Å²) in [5, 5.41) is 5.16. The van der Waals surface area contributed by atoms with Crippen molar-refractivity contribution in [3.63, 3.8) is 0 Å². The minimum Gasteiger partial charge on any atom is -0.311 e. The molecule has 0 N–H and O–H groups in total. The van der Waals surface area contributed by atoms with E-state index in [4.69, 9.17) is 0 Å². The van der Waals surface area contributed by atoms with Crippen molar-refractivity contribution in [3.8, 4) is 55.6 Å². The molecule has 1 nitrogen and oxygen atoms in total. The Balaban J connectivity index is 0.973. The van der Waals surface area contributed by atoms with Crippen molar-refractivity contribution in [2.24, 2.45) is 0 Å². The molecule has 10 aromatic carbocycles. The van der Waals surface area contributed by atoms with Crippen LogP contribution in [0.3, 0.4) is 0 Å². The smallest absolute Gasteiger partial charge is 0.0462 e.